The van der Waals surface area contributed by atoms with Crippen molar-refractivity contribution in [2.45, 2.75) is 96.4 Å². The van der Waals surface area contributed by atoms with Crippen LogP contribution in [0.15, 0.2) is 72.8 Å². The zero-order valence-electron chi connectivity index (χ0n) is 33.4. The van der Waals surface area contributed by atoms with E-state index in [1.807, 2.05) is 55.5 Å². The minimum Gasteiger partial charge on any atom is -0.497 e. The van der Waals surface area contributed by atoms with Crippen LogP contribution in [-0.2, 0) is 25.4 Å². The molecule has 3 heterocycles. The number of hydrogen-bond donors (Lipinski definition) is 0. The molecule has 4 aromatic rings. The summed E-state index contributed by atoms with van der Waals surface area (Å²) in [5.41, 5.74) is 3.64. The average molecular weight is 786 g/mol. The third kappa shape index (κ3) is 11.9. The molecular formula is C46H60ClN3O6. The van der Waals surface area contributed by atoms with Crippen LogP contribution in [0.3, 0.4) is 0 Å². The third-order valence-corrected chi connectivity index (χ3v) is 11.6. The van der Waals surface area contributed by atoms with Crippen LogP contribution in [0.25, 0.3) is 10.9 Å². The maximum Gasteiger partial charge on any atom is 0.311 e. The fourth-order valence-electron chi connectivity index (χ4n) is 8.00. The Kier molecular flexibility index (Phi) is 16.2. The highest BCUT2D eigenvalue weighted by atomic mass is 35.5. The summed E-state index contributed by atoms with van der Waals surface area (Å²) in [6, 6.07) is 22.5. The Hall–Kier alpha value is -3.73. The highest BCUT2D eigenvalue weighted by Crippen LogP contribution is 2.32. The van der Waals surface area contributed by atoms with Crippen molar-refractivity contribution in [3.63, 3.8) is 0 Å². The molecule has 0 N–H and O–H groups in total. The lowest BCUT2D eigenvalue weighted by atomic mass is 10.1. The van der Waals surface area contributed by atoms with Crippen LogP contribution in [0.2, 0.25) is 5.02 Å². The Labute approximate surface area is 338 Å². The molecule has 0 amide bonds. The Morgan fingerprint density at radius 2 is 1.54 bits per heavy atom. The van der Waals surface area contributed by atoms with Gasteiger partial charge >= 0.3 is 5.97 Å². The van der Waals surface area contributed by atoms with E-state index in [9.17, 15) is 9.59 Å². The molecule has 2 unspecified atom stereocenters. The van der Waals surface area contributed by atoms with Gasteiger partial charge in [0, 0.05) is 67.6 Å². The van der Waals surface area contributed by atoms with Gasteiger partial charge in [-0.3, -0.25) is 19.1 Å². The van der Waals surface area contributed by atoms with Crippen LogP contribution in [0, 0.1) is 6.92 Å². The van der Waals surface area contributed by atoms with Gasteiger partial charge in [0.15, 0.2) is 6.29 Å². The number of ether oxygens (including phenoxy) is 4. The van der Waals surface area contributed by atoms with Gasteiger partial charge in [0.05, 0.1) is 19.0 Å². The molecule has 3 aromatic carbocycles. The second kappa shape index (κ2) is 21.7. The summed E-state index contributed by atoms with van der Waals surface area (Å²) >= 11 is 6.11. The second-order valence-electron chi connectivity index (χ2n) is 15.3. The third-order valence-electron chi connectivity index (χ3n) is 11.3. The van der Waals surface area contributed by atoms with Gasteiger partial charge in [-0.15, -0.1) is 0 Å². The number of carbonyl (C=O) groups is 2. The first-order valence-electron chi connectivity index (χ1n) is 20.8. The Bertz CT molecular complexity index is 1820. The topological polar surface area (TPSA) is 82.5 Å². The molecule has 56 heavy (non-hydrogen) atoms. The van der Waals surface area contributed by atoms with Crippen molar-refractivity contribution >= 4 is 34.4 Å². The molecule has 0 spiro atoms. The molecule has 0 radical (unpaired) electrons. The summed E-state index contributed by atoms with van der Waals surface area (Å²) in [7, 11) is 1.61. The summed E-state index contributed by atoms with van der Waals surface area (Å²) in [4.78, 5) is 32.6. The molecule has 10 heteroatoms. The minimum absolute atomic E-state index is 0.0265. The molecule has 1 aromatic heterocycles. The van der Waals surface area contributed by atoms with Gasteiger partial charge in [-0.2, -0.15) is 0 Å². The Morgan fingerprint density at radius 3 is 2.23 bits per heavy atom. The molecule has 0 bridgehead atoms. The number of carbonyl (C=O) groups excluding carboxylic acids is 2. The summed E-state index contributed by atoms with van der Waals surface area (Å²) in [5.74, 6) is 0.127. The Morgan fingerprint density at radius 1 is 0.839 bits per heavy atom. The van der Waals surface area contributed by atoms with Crippen LogP contribution in [0.1, 0.15) is 104 Å². The predicted octanol–water partition coefficient (Wildman–Crippen LogP) is 9.41. The van der Waals surface area contributed by atoms with Gasteiger partial charge in [0.2, 0.25) is 0 Å². The van der Waals surface area contributed by atoms with Crippen LogP contribution in [0.4, 0.5) is 0 Å². The number of piperazine rings is 1. The number of aromatic nitrogens is 1. The minimum atomic E-state index is -0.410. The van der Waals surface area contributed by atoms with E-state index in [4.69, 9.17) is 30.5 Å². The molecule has 2 aliphatic heterocycles. The largest absolute Gasteiger partial charge is 0.497 e. The van der Waals surface area contributed by atoms with E-state index in [0.717, 1.165) is 75.3 Å². The van der Waals surface area contributed by atoms with E-state index in [1.54, 1.807) is 35.9 Å². The van der Waals surface area contributed by atoms with E-state index in [1.165, 1.54) is 57.8 Å². The van der Waals surface area contributed by atoms with E-state index < -0.39 is 6.10 Å². The van der Waals surface area contributed by atoms with E-state index >= 15 is 0 Å². The molecule has 2 saturated heterocycles. The zero-order chi connectivity index (χ0) is 39.1. The molecule has 2 atom stereocenters. The summed E-state index contributed by atoms with van der Waals surface area (Å²) in [6.45, 7) is 9.25. The summed E-state index contributed by atoms with van der Waals surface area (Å²) in [5, 5.41) is 1.35. The number of halogens is 1. The Balaban J connectivity index is 0.964. The number of methoxy groups -OCH3 is 1. The van der Waals surface area contributed by atoms with Crippen LogP contribution in [0.5, 0.6) is 5.75 Å². The first-order valence-corrected chi connectivity index (χ1v) is 21.2. The van der Waals surface area contributed by atoms with Gasteiger partial charge < -0.3 is 23.8 Å². The van der Waals surface area contributed by atoms with E-state index in [0.29, 0.717) is 34.1 Å². The SMILES string of the molecule is COc1ccc2c(c1)c(CC(=O)OC(CN1CCN(CCCCCCCCCCOC3CCCCO3)CC1)c1ccccc1)c(C)n2C(=O)c1ccc(Cl)cc1. The van der Waals surface area contributed by atoms with Crippen molar-refractivity contribution in [2.75, 3.05) is 59.6 Å². The van der Waals surface area contributed by atoms with Gasteiger partial charge in [-0.1, -0.05) is 80.5 Å². The second-order valence-corrected chi connectivity index (χ2v) is 15.7. The normalized spacial score (nSPS) is 17.2. The number of benzene rings is 3. The summed E-state index contributed by atoms with van der Waals surface area (Å²) < 4.78 is 25.0. The fourth-order valence-corrected chi connectivity index (χ4v) is 8.13. The van der Waals surface area contributed by atoms with Gasteiger partial charge in [0.1, 0.15) is 11.9 Å². The molecule has 6 rings (SSSR count). The molecule has 0 saturated carbocycles. The number of esters is 1. The highest BCUT2D eigenvalue weighted by molar-refractivity contribution is 6.30. The maximum absolute atomic E-state index is 13.9. The van der Waals surface area contributed by atoms with Crippen LogP contribution >= 0.6 is 11.6 Å². The first-order chi connectivity index (χ1) is 27.4. The maximum atomic E-state index is 13.9. The van der Waals surface area contributed by atoms with Crippen molar-refractivity contribution < 1.29 is 28.5 Å². The van der Waals surface area contributed by atoms with Crippen molar-refractivity contribution in [1.29, 1.82) is 0 Å². The molecular weight excluding hydrogens is 726 g/mol. The van der Waals surface area contributed by atoms with Gasteiger partial charge in [0.25, 0.3) is 5.91 Å². The van der Waals surface area contributed by atoms with Crippen molar-refractivity contribution in [3.05, 3.63) is 100 Å². The van der Waals surface area contributed by atoms with E-state index in [-0.39, 0.29) is 24.6 Å². The van der Waals surface area contributed by atoms with Crippen LogP contribution in [-0.4, -0.2) is 92.1 Å². The van der Waals surface area contributed by atoms with Crippen molar-refractivity contribution in [1.82, 2.24) is 14.4 Å². The van der Waals surface area contributed by atoms with Gasteiger partial charge in [-0.05, 0) is 99.2 Å². The molecule has 302 valence electrons. The summed E-state index contributed by atoms with van der Waals surface area (Å²) in [6.07, 6.45) is 13.2. The quantitative estimate of drug-likeness (QED) is 0.0648. The van der Waals surface area contributed by atoms with Crippen molar-refractivity contribution in [2.24, 2.45) is 0 Å². The number of rotatable bonds is 20. The molecule has 2 fully saturated rings. The lowest BCUT2D eigenvalue weighted by Crippen LogP contribution is -2.48. The van der Waals surface area contributed by atoms with Crippen molar-refractivity contribution in [3.8, 4) is 5.75 Å². The molecule has 9 nitrogen and oxygen atoms in total. The highest BCUT2D eigenvalue weighted by Gasteiger charge is 2.27. The predicted molar refractivity (Wildman–Crippen MR) is 223 cm³/mol. The fraction of sp³-hybridized carbons (Fsp3) is 0.522. The van der Waals surface area contributed by atoms with E-state index in [2.05, 4.69) is 9.80 Å². The standard InChI is InChI=1S/C46H60ClN3O6/c1-35-40(41-32-39(53-2)23-24-42(41)50(35)46(52)37-19-21-38(47)22-20-37)33-44(51)56-43(36-16-10-9-11-17-36)34-49-28-26-48(27-29-49)25-13-7-5-3-4-6-8-14-30-54-45-18-12-15-31-55-45/h9-11,16-17,19-24,32,43,45H,3-8,12-15,18,25-31,33-34H2,1-2H3. The molecule has 2 aliphatic rings. The molecule has 0 aliphatic carbocycles. The smallest absolute Gasteiger partial charge is 0.311 e. The lowest BCUT2D eigenvalue weighted by Gasteiger charge is -2.36. The number of unbranched alkanes of at least 4 members (excludes halogenated alkanes) is 7. The number of hydrogen-bond acceptors (Lipinski definition) is 8. The lowest BCUT2D eigenvalue weighted by molar-refractivity contribution is -0.162. The zero-order valence-corrected chi connectivity index (χ0v) is 34.2. The van der Waals surface area contributed by atoms with Crippen LogP contribution < -0.4 is 4.74 Å². The monoisotopic (exact) mass is 785 g/mol. The number of nitrogens with zero attached hydrogens (tertiary/aromatic N) is 3. The average Bonchev–Trinajstić information content (AvgIpc) is 3.50. The van der Waals surface area contributed by atoms with Gasteiger partial charge in [-0.25, -0.2) is 0 Å². The first kappa shape index (κ1) is 41.9. The number of fused-ring (bicyclic) bond motifs is 1.